The highest BCUT2D eigenvalue weighted by molar-refractivity contribution is 7.70. The number of aromatic nitrogens is 3. The van der Waals surface area contributed by atoms with Gasteiger partial charge >= 0.3 is 15.2 Å². The summed E-state index contributed by atoms with van der Waals surface area (Å²) in [7, 11) is -9.44. The number of hydrogen-bond acceptors (Lipinski definition) is 9. The molecule has 5 atom stereocenters. The molecule has 1 saturated carbocycles. The summed E-state index contributed by atoms with van der Waals surface area (Å²) in [5, 5.41) is 26.8. The van der Waals surface area contributed by atoms with Crippen LogP contribution >= 0.6 is 15.2 Å². The van der Waals surface area contributed by atoms with Crippen molar-refractivity contribution in [1.29, 1.82) is 0 Å². The summed E-state index contributed by atoms with van der Waals surface area (Å²) in [5.41, 5.74) is 3.17. The molecule has 2 unspecified atom stereocenters. The summed E-state index contributed by atoms with van der Waals surface area (Å²) in [6, 6.07) is 2.52. The van der Waals surface area contributed by atoms with Crippen LogP contribution in [-0.2, 0) is 24.8 Å². The Morgan fingerprint density at radius 2 is 1.89 bits per heavy atom. The van der Waals surface area contributed by atoms with E-state index in [2.05, 4.69) is 15.0 Å². The van der Waals surface area contributed by atoms with E-state index < -0.39 is 52.2 Å². The Balaban J connectivity index is 1.42. The molecule has 2 fully saturated rings. The van der Waals surface area contributed by atoms with E-state index in [4.69, 9.17) is 19.0 Å². The van der Waals surface area contributed by atoms with Crippen LogP contribution in [0.4, 0.5) is 5.69 Å². The van der Waals surface area contributed by atoms with Gasteiger partial charge in [-0.15, -0.1) is 0 Å². The molecule has 2 aromatic heterocycles. The second kappa shape index (κ2) is 9.16. The number of ether oxygens (including phenoxy) is 1. The van der Waals surface area contributed by atoms with Gasteiger partial charge in [0.2, 0.25) is 0 Å². The van der Waals surface area contributed by atoms with E-state index in [1.807, 2.05) is 13.0 Å². The van der Waals surface area contributed by atoms with Crippen molar-refractivity contribution in [3.05, 3.63) is 17.5 Å². The second-order valence-corrected chi connectivity index (χ2v) is 13.5. The maximum atomic E-state index is 12.0. The number of aliphatic hydroxyl groups excluding tert-OH is 2. The van der Waals surface area contributed by atoms with E-state index in [-0.39, 0.29) is 0 Å². The summed E-state index contributed by atoms with van der Waals surface area (Å²) in [5.74, 6) is -1.36. The van der Waals surface area contributed by atoms with Crippen molar-refractivity contribution < 1.29 is 43.3 Å². The van der Waals surface area contributed by atoms with E-state index in [9.17, 15) is 24.2 Å². The fourth-order valence-electron chi connectivity index (χ4n) is 5.36. The number of pyridine rings is 1. The SMILES string of the molecule is Cc1cc2c3c(nn([C@@H]4OC(COP(=O)(O)CP(=O)(O)O)[C@@H](O)[C@H]4O)c3n1)CCN2C1CCCC1. The molecule has 3 aliphatic rings. The van der Waals surface area contributed by atoms with Gasteiger partial charge < -0.3 is 39.1 Å². The molecule has 194 valence electrons. The lowest BCUT2D eigenvalue weighted by Crippen LogP contribution is -2.37. The highest BCUT2D eigenvalue weighted by Gasteiger charge is 2.46. The van der Waals surface area contributed by atoms with Gasteiger partial charge in [-0.3, -0.25) is 9.13 Å². The maximum Gasteiger partial charge on any atom is 0.340 e. The van der Waals surface area contributed by atoms with Crippen molar-refractivity contribution >= 4 is 31.9 Å². The summed E-state index contributed by atoms with van der Waals surface area (Å²) >= 11 is 0. The molecule has 2 aromatic rings. The molecule has 4 heterocycles. The lowest BCUT2D eigenvalue weighted by atomic mass is 10.0. The number of aryl methyl sites for hydroxylation is 1. The second-order valence-electron chi connectivity index (χ2n) is 9.54. The van der Waals surface area contributed by atoms with Crippen molar-refractivity contribution in [2.24, 2.45) is 0 Å². The number of anilines is 1. The highest BCUT2D eigenvalue weighted by Crippen LogP contribution is 2.55. The molecule has 0 bridgehead atoms. The Morgan fingerprint density at radius 1 is 1.17 bits per heavy atom. The van der Waals surface area contributed by atoms with E-state index in [1.54, 1.807) is 0 Å². The van der Waals surface area contributed by atoms with E-state index >= 15 is 0 Å². The summed E-state index contributed by atoms with van der Waals surface area (Å²) in [6.45, 7) is 2.05. The van der Waals surface area contributed by atoms with E-state index in [1.165, 1.54) is 17.5 Å². The minimum absolute atomic E-state index is 0.468. The molecule has 0 spiro atoms. The van der Waals surface area contributed by atoms with Crippen molar-refractivity contribution in [1.82, 2.24) is 14.8 Å². The van der Waals surface area contributed by atoms with Crippen molar-refractivity contribution in [3.63, 3.8) is 0 Å². The van der Waals surface area contributed by atoms with Gasteiger partial charge in [0.25, 0.3) is 0 Å². The molecular weight excluding hydrogens is 502 g/mol. The van der Waals surface area contributed by atoms with Crippen LogP contribution in [0, 0.1) is 6.92 Å². The first-order valence-corrected chi connectivity index (χ1v) is 15.2. The molecule has 5 rings (SSSR count). The normalized spacial score (nSPS) is 29.3. The number of nitrogens with zero attached hydrogens (tertiary/aromatic N) is 4. The third kappa shape index (κ3) is 4.94. The lowest BCUT2D eigenvalue weighted by Gasteiger charge is -2.34. The van der Waals surface area contributed by atoms with Gasteiger partial charge in [-0.25, -0.2) is 9.67 Å². The topological polar surface area (TPSA) is 188 Å². The standard InChI is InChI=1S/C20H30N4O9P2/c1-11-8-14-16-13(6-7-23(14)12-4-2-3-5-12)22-24(19(16)21-11)20-18(26)17(25)15(33-20)9-32-35(30,31)10-34(27,28)29/h8,12,15,17-18,20,25-26H,2-7,9-10H2,1H3,(H,30,31)(H2,27,28,29)/t15?,17-,18-,20-/m1/s1. The molecule has 15 heteroatoms. The van der Waals surface area contributed by atoms with Crippen LogP contribution in [0.2, 0.25) is 0 Å². The quantitative estimate of drug-likeness (QED) is 0.319. The predicted molar refractivity (Wildman–Crippen MR) is 124 cm³/mol. The average Bonchev–Trinajstić information content (AvgIpc) is 3.46. The third-order valence-corrected chi connectivity index (χ3v) is 10.3. The lowest BCUT2D eigenvalue weighted by molar-refractivity contribution is -0.0542. The number of rotatable bonds is 7. The van der Waals surface area contributed by atoms with Gasteiger partial charge in [0, 0.05) is 24.7 Å². The van der Waals surface area contributed by atoms with E-state index in [0.717, 1.165) is 41.8 Å². The Kier molecular flexibility index (Phi) is 6.61. The monoisotopic (exact) mass is 532 g/mol. The zero-order valence-corrected chi connectivity index (χ0v) is 21.0. The van der Waals surface area contributed by atoms with Crippen LogP contribution in [-0.4, -0.2) is 83.1 Å². The van der Waals surface area contributed by atoms with E-state index in [0.29, 0.717) is 18.1 Å². The Hall–Kier alpha value is -1.40. The Morgan fingerprint density at radius 3 is 2.57 bits per heavy atom. The largest absolute Gasteiger partial charge is 0.387 e. The first-order chi connectivity index (χ1) is 16.4. The van der Waals surface area contributed by atoms with Crippen molar-refractivity contribution in [2.45, 2.75) is 69.6 Å². The first kappa shape index (κ1) is 25.3. The zero-order valence-electron chi connectivity index (χ0n) is 19.2. The Bertz CT molecular complexity index is 1210. The Labute approximate surface area is 201 Å². The van der Waals surface area contributed by atoms with Crippen LogP contribution in [0.25, 0.3) is 11.0 Å². The average molecular weight is 532 g/mol. The minimum Gasteiger partial charge on any atom is -0.387 e. The molecule has 1 aliphatic carbocycles. The first-order valence-electron chi connectivity index (χ1n) is 11.6. The summed E-state index contributed by atoms with van der Waals surface area (Å²) in [6.07, 6.45) is 0.125. The van der Waals surface area contributed by atoms with Crippen molar-refractivity contribution in [2.75, 3.05) is 24.0 Å². The van der Waals surface area contributed by atoms with Crippen LogP contribution < -0.4 is 4.90 Å². The molecular formula is C20H30N4O9P2. The molecule has 1 saturated heterocycles. The minimum atomic E-state index is -4.80. The summed E-state index contributed by atoms with van der Waals surface area (Å²) in [4.78, 5) is 34.7. The van der Waals surface area contributed by atoms with Crippen LogP contribution in [0.5, 0.6) is 0 Å². The molecule has 5 N–H and O–H groups in total. The van der Waals surface area contributed by atoms with Crippen LogP contribution in [0.1, 0.15) is 43.3 Å². The third-order valence-electron chi connectivity index (χ3n) is 6.89. The fourth-order valence-corrected chi connectivity index (χ4v) is 7.93. The number of hydrogen-bond donors (Lipinski definition) is 5. The highest BCUT2D eigenvalue weighted by atomic mass is 31.2. The predicted octanol–water partition coefficient (Wildman–Crippen LogP) is 1.00. The van der Waals surface area contributed by atoms with Gasteiger partial charge in [0.15, 0.2) is 17.8 Å². The van der Waals surface area contributed by atoms with Gasteiger partial charge in [0.05, 0.1) is 23.4 Å². The molecule has 2 aliphatic heterocycles. The van der Waals surface area contributed by atoms with Gasteiger partial charge in [-0.1, -0.05) is 12.8 Å². The van der Waals surface area contributed by atoms with Gasteiger partial charge in [-0.05, 0) is 25.8 Å². The molecule has 0 radical (unpaired) electrons. The van der Waals surface area contributed by atoms with Crippen molar-refractivity contribution in [3.8, 4) is 0 Å². The molecule has 0 amide bonds. The molecule has 0 aromatic carbocycles. The zero-order chi connectivity index (χ0) is 25.1. The van der Waals surface area contributed by atoms with Crippen LogP contribution in [0.3, 0.4) is 0 Å². The fraction of sp³-hybridized carbons (Fsp3) is 0.700. The smallest absolute Gasteiger partial charge is 0.340 e. The summed E-state index contributed by atoms with van der Waals surface area (Å²) < 4.78 is 35.1. The molecule has 35 heavy (non-hydrogen) atoms. The maximum absolute atomic E-state index is 12.0. The molecule has 13 nitrogen and oxygen atoms in total. The van der Waals surface area contributed by atoms with Gasteiger partial charge in [-0.2, -0.15) is 5.10 Å². The van der Waals surface area contributed by atoms with Crippen LogP contribution in [0.15, 0.2) is 6.07 Å². The number of aliphatic hydroxyl groups is 2. The van der Waals surface area contributed by atoms with Gasteiger partial charge in [0.1, 0.15) is 18.3 Å².